The molecule has 128 heavy (non-hydrogen) atoms. The van der Waals surface area contributed by atoms with Crippen LogP contribution in [0.1, 0.15) is 101 Å². The van der Waals surface area contributed by atoms with Gasteiger partial charge in [0.05, 0.1) is 48.4 Å². The number of nitrogens with two attached hydrogens (primary N) is 1. The molecule has 0 radical (unpaired) electrons. The van der Waals surface area contributed by atoms with E-state index < -0.39 is 121 Å². The standard InChI is InChI=1S/C15H14Cl2N4O4.C15H14Cl2N4O.C15H13Cl2N3O.C11H14ClNO2.C6H6ClN.C5H9BrO2.C4HCl2N3O2.C2H3N.C2H4O2.2CH4.Fe.H2I3.H2I2.H2I.HI.V.2H/c1-3-11(14(22)25-2)20(10-6-4-9(16)5-7-10)13-12(21(23)24)8-18-15(17)19-13;1-3-11-14(22)20(2)12-8-18-15(17)19-13(12)21(11)10-6-4-9(16)5-7-10;1-2-12-13(21)7-9-8-18-15(17)19-14(9)20(12)11-5-3-10(16)4-6-11;1-2-10(11(15)7-14)13-9-5-3-8(12)4-6-9;7-5-1-3-6(8)4-2-5;1-3-4(6)5(7)8-2;5-3-2(9(10)11)1-7-4(6)8-3;1-2-3;1-2(3)4;;;;1-3-2;1-2;;;;;/h4-8,11H,3H2,1-2H3;4-8,11H,3H2,1-2H3;3-6,8,12H,2,7H2,1H3;3-6,10,13-14H,2,7H2,1H3;1-4H,8H2;4H,3H2,1-2H3;1H;1H3;1H3,(H,3,4);2*1H4;;1,3H;1H2;1H2;1H;;;/q;;;;;;;;;;;;-1;;-1;;+1;;/p-1/i;;;;;;;;;;;;1T,3T;2*1T2;;;2*1+2. The normalized spacial score (nSPS) is 13.5. The average molecular weight is 2930 g/mol. The second-order valence-electron chi connectivity index (χ2n) is 23.4. The minimum atomic E-state index is -1.79. The maximum absolute atomic E-state index is 12.6. The van der Waals surface area contributed by atoms with Crippen molar-refractivity contribution < 1.29 is 131 Å². The number of hydrogen-bond acceptors (Lipinski definition) is 27. The van der Waals surface area contributed by atoms with Gasteiger partial charge in [-0.1, -0.05) is 135 Å². The molecule has 712 valence electrons. The SMILES string of the molecule is C.C.CC#N.CC(=O)O.CCC(Br)C(=O)OC.CCC(C(=O)OC)N(c1ccc(Cl)cc1)c1nc(Cl)ncc1[N+](=O)[O-].CCC(Nc1ccc(Cl)cc1)C(=O)CO.CCC1C(=O)Cc2cnc(Cl)nc2N1c1ccc(Cl)cc1.CCC1C(=O)N(C)c2cnc(Cl)nc2N1c1ccc(Cl)cc1.Nc1ccc(Cl)cc1.O=[N+]([O-])c1cnc(Cl)nc1Cl.[3H]I([3H])I.[3H][I-]I([3H])I.[3H][I-][3H].[3H][V]([3H])[I].[Fe]. The van der Waals surface area contributed by atoms with Crippen LogP contribution in [0.5, 0.6) is 0 Å². The van der Waals surface area contributed by atoms with Gasteiger partial charge in [0, 0.05) is 110 Å². The van der Waals surface area contributed by atoms with Crippen molar-refractivity contribution in [2.45, 2.75) is 131 Å². The average Bonchev–Trinajstić information content (AvgIpc) is 0.757. The molecule has 0 saturated heterocycles. The van der Waals surface area contributed by atoms with Crippen LogP contribution in [0.2, 0.25) is 51.4 Å². The molecule has 5 unspecified atom stereocenters. The van der Waals surface area contributed by atoms with Crippen molar-refractivity contribution in [2.75, 3.05) is 58.5 Å². The van der Waals surface area contributed by atoms with Gasteiger partial charge in [-0.15, -0.1) is 0 Å². The van der Waals surface area contributed by atoms with Crippen LogP contribution in [0.25, 0.3) is 0 Å². The zero-order valence-corrected chi connectivity index (χ0v) is 94.1. The monoisotopic (exact) mass is 2920 g/mol. The van der Waals surface area contributed by atoms with Crippen molar-refractivity contribution in [1.82, 2.24) is 39.9 Å². The van der Waals surface area contributed by atoms with Gasteiger partial charge in [0.1, 0.15) is 47.4 Å². The number of ether oxygens (including phenoxy) is 2. The Labute approximate surface area is 907 Å². The molecule has 0 saturated carbocycles. The first-order valence-electron chi connectivity index (χ1n) is 38.2. The molecule has 51 heteroatoms. The van der Waals surface area contributed by atoms with Gasteiger partial charge in [-0.2, -0.15) is 25.2 Å². The Bertz CT molecular complexity index is 5090. The molecule has 4 aromatic heterocycles. The predicted molar refractivity (Wildman–Crippen MR) is 555 cm³/mol. The molecule has 0 aliphatic carbocycles. The fourth-order valence-corrected chi connectivity index (χ4v) is 11.6. The third-order valence-electron chi connectivity index (χ3n) is 15.4. The smallest absolute Gasteiger partial charge is 0 e. The Hall–Kier alpha value is -3.52. The molecule has 31 nitrogen and oxygen atoms in total. The number of nitrogen functional groups attached to an aromatic ring is 1. The summed E-state index contributed by atoms with van der Waals surface area (Å²) in [6, 6.07) is 35.2. The molecule has 1 amide bonds. The van der Waals surface area contributed by atoms with Gasteiger partial charge in [0.2, 0.25) is 38.0 Å². The molecule has 5 N–H and O–H groups in total. The van der Waals surface area contributed by atoms with Crippen LogP contribution in [0.3, 0.4) is 0 Å². The van der Waals surface area contributed by atoms with Crippen molar-refractivity contribution in [3.63, 3.8) is 0 Å². The van der Waals surface area contributed by atoms with E-state index in [2.05, 4.69) is 84.5 Å². The Balaban J connectivity index is -0.000000482. The molecule has 2 aliphatic rings. The number of nitrogens with zero attached hydrogens (tertiary/aromatic N) is 15. The number of carbonyl (C=O) groups excluding carboxylic acids is 5. The number of nitrogens with one attached hydrogen (secondary N) is 1. The second-order valence-corrected chi connectivity index (χ2v) is 44.6. The van der Waals surface area contributed by atoms with Crippen LogP contribution in [0.15, 0.2) is 146 Å². The molecule has 0 spiro atoms. The van der Waals surface area contributed by atoms with Gasteiger partial charge < -0.3 is 50.3 Å². The van der Waals surface area contributed by atoms with E-state index >= 15 is 0 Å². The zero-order chi connectivity index (χ0) is 102. The second kappa shape index (κ2) is 74.7. The third-order valence-corrected chi connectivity index (χ3v) is 18.7. The van der Waals surface area contributed by atoms with Crippen LogP contribution in [0, 0.1) is 31.6 Å². The van der Waals surface area contributed by atoms with E-state index in [1.54, 1.807) is 134 Å². The number of ketones is 2. The van der Waals surface area contributed by atoms with Gasteiger partial charge in [-0.3, -0.25) is 44.2 Å². The summed E-state index contributed by atoms with van der Waals surface area (Å²) in [7, 11) is 4.35. The van der Waals surface area contributed by atoms with Crippen molar-refractivity contribution in [3.05, 3.63) is 223 Å². The summed E-state index contributed by atoms with van der Waals surface area (Å²) in [5.74, 6) is -0.437. The summed E-state index contributed by atoms with van der Waals surface area (Å²) in [5, 5.41) is 51.0. The van der Waals surface area contributed by atoms with Gasteiger partial charge >= 0.3 is 173 Å². The Morgan fingerprint density at radius 3 is 1.50 bits per heavy atom. The number of halogens is 18. The number of amides is 1. The number of carboxylic acid groups (broad SMARTS) is 1. The number of nitriles is 1. The van der Waals surface area contributed by atoms with E-state index in [0.717, 1.165) is 59.1 Å². The van der Waals surface area contributed by atoms with E-state index in [1.165, 1.54) is 26.0 Å². The number of benzene rings is 5. The summed E-state index contributed by atoms with van der Waals surface area (Å²) in [4.78, 5) is 126. The Morgan fingerprint density at radius 2 is 1.12 bits per heavy atom. The number of aliphatic carboxylic acids is 1. The number of likely N-dealkylation sites (N-methyl/N-ethyl adjacent to an activating group) is 1. The summed E-state index contributed by atoms with van der Waals surface area (Å²) in [5.41, 5.74) is 9.81. The van der Waals surface area contributed by atoms with Gasteiger partial charge in [-0.25, -0.2) is 24.7 Å². The number of aliphatic hydroxyl groups is 1. The number of nitro groups is 2. The first kappa shape index (κ1) is 117. The molecular weight excluding hydrogens is 2820 g/mol. The number of esters is 2. The largest absolute Gasteiger partial charge is 0 e. The number of aliphatic hydroxyl groups excluding tert-OH is 1. The fourth-order valence-electron chi connectivity index (χ4n) is 10.0. The fraction of sp³-hybridized carbons (Fsp3) is 0.312. The van der Waals surface area contributed by atoms with Crippen LogP contribution < -0.4 is 72.6 Å². The molecule has 2 aliphatic heterocycles. The molecule has 5 atom stereocenters. The maximum Gasteiger partial charge on any atom is 0 e. The molecule has 0 bridgehead atoms. The number of anilines is 9. The summed E-state index contributed by atoms with van der Waals surface area (Å²) >= 11 is 60.2. The first-order chi connectivity index (χ1) is 62.6. The summed E-state index contributed by atoms with van der Waals surface area (Å²) < 4.78 is 60.2. The van der Waals surface area contributed by atoms with Crippen LogP contribution in [-0.4, -0.2) is 158 Å². The molecule has 6 heterocycles. The van der Waals surface area contributed by atoms with Gasteiger partial charge in [0.15, 0.2) is 17.4 Å². The maximum atomic E-state index is 12.6. The third kappa shape index (κ3) is 47.8. The summed E-state index contributed by atoms with van der Waals surface area (Å²) in [6.45, 7) is 11.6. The van der Waals surface area contributed by atoms with Crippen LogP contribution in [0.4, 0.5) is 63.0 Å². The summed E-state index contributed by atoms with van der Waals surface area (Å²) in [6.07, 6.45) is 8.55. The number of Topliss-reactive ketones (excluding diaryl/α,β-unsaturated/α-hetero) is 2. The van der Waals surface area contributed by atoms with Crippen LogP contribution >= 0.6 is 220 Å². The predicted octanol–water partition coefficient (Wildman–Crippen LogP) is 16.5. The number of rotatable bonds is 19. The number of alkyl halides is 1. The molecule has 5 aromatic carbocycles. The van der Waals surface area contributed by atoms with Crippen molar-refractivity contribution in [2.24, 2.45) is 0 Å². The van der Waals surface area contributed by atoms with E-state index in [1.807, 2.05) is 100 Å². The molecule has 9 aromatic rings. The number of carboxylic acids is 1. The zero-order valence-electron chi connectivity index (χ0n) is 75.4. The van der Waals surface area contributed by atoms with E-state index in [9.17, 15) is 44.2 Å². The number of aromatic nitrogens is 8. The minimum absolute atomic E-state index is 0. The minimum Gasteiger partial charge on any atom is 0 e. The topological polar surface area (TPSA) is 426 Å². The van der Waals surface area contributed by atoms with Crippen LogP contribution in [-0.2, 0) is 75.4 Å². The Kier molecular flexibility index (Phi) is 68.2. The number of carbonyl (C=O) groups is 6. The van der Waals surface area contributed by atoms with Crippen molar-refractivity contribution in [3.8, 4) is 6.07 Å². The van der Waals surface area contributed by atoms with E-state index in [-0.39, 0.29) is 122 Å². The quantitative estimate of drug-likeness (QED) is 0.00672. The van der Waals surface area contributed by atoms with Crippen molar-refractivity contribution in [1.29, 1.82) is 10.6 Å². The van der Waals surface area contributed by atoms with Gasteiger partial charge in [-0.05, 0) is 200 Å². The van der Waals surface area contributed by atoms with E-state index in [4.69, 9.17) is 152 Å². The van der Waals surface area contributed by atoms with Crippen molar-refractivity contribution >= 4 is 319 Å². The Morgan fingerprint density at radius 1 is 0.742 bits per heavy atom. The molecule has 0 fully saturated rings. The molecule has 11 rings (SSSR count). The number of fused-ring (bicyclic) bond motifs is 2. The first-order valence-corrected chi connectivity index (χ1v) is 63.1. The number of methoxy groups -OCH3 is 2. The molecular formula is C77H94BrCl10FeI7N17O14V-2. The number of hydrogen-bond donors (Lipinski definition) is 4. The van der Waals surface area contributed by atoms with E-state index in [0.29, 0.717) is 75.2 Å². The van der Waals surface area contributed by atoms with Gasteiger partial charge in [0.25, 0.3) is 5.97 Å².